The van der Waals surface area contributed by atoms with Crippen LogP contribution >= 0.6 is 0 Å². The number of anilines is 1. The number of ether oxygens (including phenoxy) is 1. The van der Waals surface area contributed by atoms with E-state index >= 15 is 0 Å². The number of nitrogens with zero attached hydrogens (tertiary/aromatic N) is 2. The quantitative estimate of drug-likeness (QED) is 0.836. The molecule has 16 heavy (non-hydrogen) atoms. The van der Waals surface area contributed by atoms with Crippen molar-refractivity contribution in [3.63, 3.8) is 0 Å². The minimum atomic E-state index is 0.672. The highest BCUT2D eigenvalue weighted by Crippen LogP contribution is 2.27. The number of aryl methyl sites for hydroxylation is 1. The van der Waals surface area contributed by atoms with Crippen LogP contribution in [-0.4, -0.2) is 16.7 Å². The molecule has 0 saturated heterocycles. The van der Waals surface area contributed by atoms with Gasteiger partial charge in [0.15, 0.2) is 0 Å². The van der Waals surface area contributed by atoms with Gasteiger partial charge >= 0.3 is 0 Å². The largest absolute Gasteiger partial charge is 0.497 e. The molecule has 0 atom stereocenters. The molecular weight excluding hydrogens is 202 g/mol. The van der Waals surface area contributed by atoms with Crippen molar-refractivity contribution in [2.24, 2.45) is 7.05 Å². The first-order valence-electron chi connectivity index (χ1n) is 5.06. The first-order chi connectivity index (χ1) is 7.63. The molecule has 4 heteroatoms. The zero-order valence-corrected chi connectivity index (χ0v) is 9.69. The summed E-state index contributed by atoms with van der Waals surface area (Å²) in [4.78, 5) is 4.44. The Labute approximate surface area is 94.7 Å². The van der Waals surface area contributed by atoms with E-state index in [1.54, 1.807) is 7.11 Å². The molecule has 0 fully saturated rings. The van der Waals surface area contributed by atoms with Crippen molar-refractivity contribution >= 4 is 5.82 Å². The predicted octanol–water partition coefficient (Wildman–Crippen LogP) is 1.99. The summed E-state index contributed by atoms with van der Waals surface area (Å²) in [5.74, 6) is 2.38. The second-order valence-electron chi connectivity index (χ2n) is 3.68. The Morgan fingerprint density at radius 3 is 2.69 bits per heavy atom. The Kier molecular flexibility index (Phi) is 2.56. The Morgan fingerprint density at radius 1 is 1.38 bits per heavy atom. The first kappa shape index (κ1) is 10.5. The van der Waals surface area contributed by atoms with E-state index in [9.17, 15) is 0 Å². The number of nitrogen functional groups attached to an aromatic ring is 1. The average Bonchev–Trinajstić information content (AvgIpc) is 2.57. The van der Waals surface area contributed by atoms with Gasteiger partial charge in [-0.15, -0.1) is 0 Å². The van der Waals surface area contributed by atoms with E-state index in [-0.39, 0.29) is 0 Å². The fourth-order valence-electron chi connectivity index (χ4n) is 1.61. The van der Waals surface area contributed by atoms with Crippen LogP contribution < -0.4 is 10.5 Å². The molecular formula is C12H15N3O. The van der Waals surface area contributed by atoms with Crippen LogP contribution in [0, 0.1) is 6.92 Å². The van der Waals surface area contributed by atoms with E-state index in [2.05, 4.69) is 4.98 Å². The molecule has 2 rings (SSSR count). The van der Waals surface area contributed by atoms with Crippen LogP contribution in [0.15, 0.2) is 24.3 Å². The maximum Gasteiger partial charge on any atom is 0.131 e. The summed E-state index contributed by atoms with van der Waals surface area (Å²) < 4.78 is 7.05. The van der Waals surface area contributed by atoms with Crippen molar-refractivity contribution in [3.05, 3.63) is 30.1 Å². The van der Waals surface area contributed by atoms with E-state index in [4.69, 9.17) is 10.5 Å². The topological polar surface area (TPSA) is 53.1 Å². The Bertz CT molecular complexity index is 517. The van der Waals surface area contributed by atoms with Crippen molar-refractivity contribution < 1.29 is 4.74 Å². The van der Waals surface area contributed by atoms with Crippen LogP contribution in [0.4, 0.5) is 5.82 Å². The molecule has 4 nitrogen and oxygen atoms in total. The molecule has 1 aromatic carbocycles. The molecule has 0 radical (unpaired) electrons. The van der Waals surface area contributed by atoms with Crippen molar-refractivity contribution in [2.75, 3.05) is 12.8 Å². The van der Waals surface area contributed by atoms with Gasteiger partial charge in [0.1, 0.15) is 23.1 Å². The smallest absolute Gasteiger partial charge is 0.131 e. The number of rotatable bonds is 2. The van der Waals surface area contributed by atoms with Crippen LogP contribution in [0.2, 0.25) is 0 Å². The number of benzene rings is 1. The first-order valence-corrected chi connectivity index (χ1v) is 5.06. The van der Waals surface area contributed by atoms with Gasteiger partial charge < -0.3 is 15.0 Å². The van der Waals surface area contributed by atoms with E-state index < -0.39 is 0 Å². The standard InChI is InChI=1S/C12H15N3O/c1-8-14-11(12(13)15(8)2)9-5-4-6-10(7-9)16-3/h4-7H,13H2,1-3H3. The van der Waals surface area contributed by atoms with Gasteiger partial charge in [0.25, 0.3) is 0 Å². The van der Waals surface area contributed by atoms with E-state index in [1.807, 2.05) is 42.8 Å². The van der Waals surface area contributed by atoms with Gasteiger partial charge in [-0.3, -0.25) is 0 Å². The summed E-state index contributed by atoms with van der Waals surface area (Å²) in [6.45, 7) is 1.93. The minimum Gasteiger partial charge on any atom is -0.497 e. The maximum absolute atomic E-state index is 5.99. The van der Waals surface area contributed by atoms with Gasteiger partial charge in [0.05, 0.1) is 7.11 Å². The molecule has 0 aliphatic rings. The highest BCUT2D eigenvalue weighted by Gasteiger charge is 2.11. The SMILES string of the molecule is COc1cccc(-c2nc(C)n(C)c2N)c1. The van der Waals surface area contributed by atoms with Crippen LogP contribution in [-0.2, 0) is 7.05 Å². The zero-order valence-electron chi connectivity index (χ0n) is 9.69. The third kappa shape index (κ3) is 1.62. The molecule has 2 N–H and O–H groups in total. The fraction of sp³-hybridized carbons (Fsp3) is 0.250. The molecule has 0 aliphatic heterocycles. The van der Waals surface area contributed by atoms with Gasteiger partial charge in [-0.05, 0) is 19.1 Å². The number of nitrogens with two attached hydrogens (primary N) is 1. The van der Waals surface area contributed by atoms with Crippen LogP contribution in [0.25, 0.3) is 11.3 Å². The van der Waals surface area contributed by atoms with E-state index in [0.29, 0.717) is 5.82 Å². The monoisotopic (exact) mass is 217 g/mol. The molecule has 0 unspecified atom stereocenters. The van der Waals surface area contributed by atoms with Gasteiger partial charge in [-0.2, -0.15) is 0 Å². The van der Waals surface area contributed by atoms with E-state index in [1.165, 1.54) is 0 Å². The lowest BCUT2D eigenvalue weighted by molar-refractivity contribution is 0.415. The normalized spacial score (nSPS) is 10.4. The Morgan fingerprint density at radius 2 is 2.12 bits per heavy atom. The average molecular weight is 217 g/mol. The fourth-order valence-corrected chi connectivity index (χ4v) is 1.61. The maximum atomic E-state index is 5.99. The van der Waals surface area contributed by atoms with Gasteiger partial charge in [0, 0.05) is 12.6 Å². The van der Waals surface area contributed by atoms with E-state index in [0.717, 1.165) is 22.8 Å². The lowest BCUT2D eigenvalue weighted by atomic mass is 10.1. The predicted molar refractivity (Wildman–Crippen MR) is 64.3 cm³/mol. The van der Waals surface area contributed by atoms with Crippen LogP contribution in [0.1, 0.15) is 5.82 Å². The second kappa shape index (κ2) is 3.89. The summed E-state index contributed by atoms with van der Waals surface area (Å²) >= 11 is 0. The Hall–Kier alpha value is -1.97. The molecule has 0 aliphatic carbocycles. The molecule has 0 saturated carbocycles. The third-order valence-electron chi connectivity index (χ3n) is 2.71. The summed E-state index contributed by atoms with van der Waals surface area (Å²) in [6, 6.07) is 7.73. The zero-order chi connectivity index (χ0) is 11.7. The number of aromatic nitrogens is 2. The van der Waals surface area contributed by atoms with Crippen LogP contribution in [0.5, 0.6) is 5.75 Å². The summed E-state index contributed by atoms with van der Waals surface area (Å²) in [7, 11) is 3.55. The van der Waals surface area contributed by atoms with Gasteiger partial charge in [-0.25, -0.2) is 4.98 Å². The molecule has 0 amide bonds. The minimum absolute atomic E-state index is 0.672. The van der Waals surface area contributed by atoms with Crippen molar-refractivity contribution in [1.29, 1.82) is 0 Å². The van der Waals surface area contributed by atoms with Crippen LogP contribution in [0.3, 0.4) is 0 Å². The second-order valence-corrected chi connectivity index (χ2v) is 3.68. The molecule has 1 aromatic heterocycles. The van der Waals surface area contributed by atoms with Crippen molar-refractivity contribution in [3.8, 4) is 17.0 Å². The summed E-state index contributed by atoms with van der Waals surface area (Å²) in [5.41, 5.74) is 7.76. The lowest BCUT2D eigenvalue weighted by Gasteiger charge is -2.03. The summed E-state index contributed by atoms with van der Waals surface area (Å²) in [5, 5.41) is 0. The summed E-state index contributed by atoms with van der Waals surface area (Å²) in [6.07, 6.45) is 0. The number of hydrogen-bond acceptors (Lipinski definition) is 3. The number of imidazole rings is 1. The van der Waals surface area contributed by atoms with Crippen molar-refractivity contribution in [1.82, 2.24) is 9.55 Å². The molecule has 2 aromatic rings. The highest BCUT2D eigenvalue weighted by atomic mass is 16.5. The highest BCUT2D eigenvalue weighted by molar-refractivity contribution is 5.71. The lowest BCUT2D eigenvalue weighted by Crippen LogP contribution is -1.98. The molecule has 1 heterocycles. The Balaban J connectivity index is 2.54. The number of methoxy groups -OCH3 is 1. The van der Waals surface area contributed by atoms with Gasteiger partial charge in [-0.1, -0.05) is 12.1 Å². The number of hydrogen-bond donors (Lipinski definition) is 1. The third-order valence-corrected chi connectivity index (χ3v) is 2.71. The van der Waals surface area contributed by atoms with Crippen molar-refractivity contribution in [2.45, 2.75) is 6.92 Å². The molecule has 0 spiro atoms. The van der Waals surface area contributed by atoms with Gasteiger partial charge in [0.2, 0.25) is 0 Å². The molecule has 0 bridgehead atoms. The molecule has 84 valence electrons.